The molecule has 0 radical (unpaired) electrons. The Labute approximate surface area is 80.2 Å². The molecule has 0 amide bonds. The molecule has 0 saturated heterocycles. The van der Waals surface area contributed by atoms with Gasteiger partial charge in [0.25, 0.3) is 0 Å². The lowest BCUT2D eigenvalue weighted by Crippen LogP contribution is -2.37. The van der Waals surface area contributed by atoms with E-state index in [1.807, 2.05) is 0 Å². The van der Waals surface area contributed by atoms with Gasteiger partial charge in [-0.2, -0.15) is 0 Å². The average molecular weight is 187 g/mol. The zero-order valence-corrected chi connectivity index (χ0v) is 8.42. The molecule has 3 heteroatoms. The number of hydrogen-bond acceptors (Lipinski definition) is 3. The number of rotatable bonds is 5. The highest BCUT2D eigenvalue weighted by atomic mass is 16.3. The van der Waals surface area contributed by atoms with Crippen LogP contribution >= 0.6 is 0 Å². The van der Waals surface area contributed by atoms with E-state index in [2.05, 4.69) is 5.32 Å². The third-order valence-corrected chi connectivity index (χ3v) is 2.94. The summed E-state index contributed by atoms with van der Waals surface area (Å²) >= 11 is 0. The quantitative estimate of drug-likeness (QED) is 0.588. The first-order valence-electron chi connectivity index (χ1n) is 5.18. The summed E-state index contributed by atoms with van der Waals surface area (Å²) in [5.41, 5.74) is 0.106. The first kappa shape index (κ1) is 11.0. The molecule has 1 fully saturated rings. The molecule has 13 heavy (non-hydrogen) atoms. The summed E-state index contributed by atoms with van der Waals surface area (Å²) in [4.78, 5) is 0. The van der Waals surface area contributed by atoms with Crippen LogP contribution in [-0.4, -0.2) is 36.0 Å². The Morgan fingerprint density at radius 3 is 2.46 bits per heavy atom. The topological polar surface area (TPSA) is 52.5 Å². The first-order chi connectivity index (χ1) is 6.18. The van der Waals surface area contributed by atoms with Gasteiger partial charge in [0.2, 0.25) is 0 Å². The Morgan fingerprint density at radius 1 is 1.38 bits per heavy atom. The summed E-state index contributed by atoms with van der Waals surface area (Å²) in [7, 11) is 0. The van der Waals surface area contributed by atoms with E-state index in [9.17, 15) is 5.11 Å². The van der Waals surface area contributed by atoms with Crippen molar-refractivity contribution >= 4 is 0 Å². The van der Waals surface area contributed by atoms with Crippen LogP contribution in [-0.2, 0) is 0 Å². The zero-order valence-electron chi connectivity index (χ0n) is 8.42. The van der Waals surface area contributed by atoms with E-state index in [1.54, 1.807) is 6.92 Å². The van der Waals surface area contributed by atoms with Crippen molar-refractivity contribution in [3.8, 4) is 0 Å². The van der Waals surface area contributed by atoms with Gasteiger partial charge in [-0.3, -0.25) is 0 Å². The minimum absolute atomic E-state index is 0.106. The molecule has 1 atom stereocenters. The van der Waals surface area contributed by atoms with Gasteiger partial charge >= 0.3 is 0 Å². The molecular formula is C10H21NO2. The molecule has 0 bridgehead atoms. The normalized spacial score (nSPS) is 23.3. The fourth-order valence-corrected chi connectivity index (χ4v) is 2.06. The monoisotopic (exact) mass is 187 g/mol. The van der Waals surface area contributed by atoms with Crippen LogP contribution in [0.3, 0.4) is 0 Å². The maximum atomic E-state index is 9.28. The molecule has 0 aliphatic heterocycles. The predicted molar refractivity (Wildman–Crippen MR) is 52.5 cm³/mol. The van der Waals surface area contributed by atoms with Crippen LogP contribution in [0, 0.1) is 5.41 Å². The lowest BCUT2D eigenvalue weighted by Gasteiger charge is -2.27. The molecular weight excluding hydrogens is 166 g/mol. The van der Waals surface area contributed by atoms with E-state index in [1.165, 1.54) is 12.8 Å². The third kappa shape index (κ3) is 3.25. The van der Waals surface area contributed by atoms with Crippen molar-refractivity contribution in [2.45, 2.75) is 38.7 Å². The molecule has 78 valence electrons. The minimum Gasteiger partial charge on any atom is -0.396 e. The Bertz CT molecular complexity index is 142. The molecule has 0 spiro atoms. The Kier molecular flexibility index (Phi) is 4.16. The van der Waals surface area contributed by atoms with Gasteiger partial charge in [-0.1, -0.05) is 12.8 Å². The van der Waals surface area contributed by atoms with Crippen molar-refractivity contribution in [3.05, 3.63) is 0 Å². The molecule has 1 rings (SSSR count). The molecule has 0 aromatic rings. The van der Waals surface area contributed by atoms with Crippen molar-refractivity contribution in [1.29, 1.82) is 0 Å². The second kappa shape index (κ2) is 4.94. The molecule has 1 aliphatic carbocycles. The standard InChI is InChI=1S/C10H21NO2/c1-9(13)6-11-7-10(8-12)4-2-3-5-10/h9,11-13H,2-8H2,1H3. The second-order valence-corrected chi connectivity index (χ2v) is 4.35. The van der Waals surface area contributed by atoms with Crippen LogP contribution in [0.5, 0.6) is 0 Å². The second-order valence-electron chi connectivity index (χ2n) is 4.35. The molecule has 0 aromatic heterocycles. The molecule has 3 N–H and O–H groups in total. The van der Waals surface area contributed by atoms with Crippen LogP contribution in [0.1, 0.15) is 32.6 Å². The van der Waals surface area contributed by atoms with E-state index in [0.717, 1.165) is 19.4 Å². The molecule has 1 unspecified atom stereocenters. The van der Waals surface area contributed by atoms with Gasteiger partial charge in [-0.25, -0.2) is 0 Å². The summed E-state index contributed by atoms with van der Waals surface area (Å²) in [5, 5.41) is 21.5. The Hall–Kier alpha value is -0.120. The summed E-state index contributed by atoms with van der Waals surface area (Å²) in [6.07, 6.45) is 4.41. The predicted octanol–water partition coefficient (Wildman–Crippen LogP) is 0.509. The van der Waals surface area contributed by atoms with Gasteiger partial charge in [0.05, 0.1) is 6.10 Å². The number of aliphatic hydroxyl groups excluding tert-OH is 2. The molecule has 1 saturated carbocycles. The lowest BCUT2D eigenvalue weighted by molar-refractivity contribution is 0.120. The third-order valence-electron chi connectivity index (χ3n) is 2.94. The minimum atomic E-state index is -0.294. The smallest absolute Gasteiger partial charge is 0.0636 e. The molecule has 1 aliphatic rings. The van der Waals surface area contributed by atoms with Crippen molar-refractivity contribution in [2.75, 3.05) is 19.7 Å². The lowest BCUT2D eigenvalue weighted by atomic mass is 9.87. The van der Waals surface area contributed by atoms with Crippen LogP contribution in [0.4, 0.5) is 0 Å². The van der Waals surface area contributed by atoms with Crippen molar-refractivity contribution in [1.82, 2.24) is 5.32 Å². The largest absolute Gasteiger partial charge is 0.396 e. The number of nitrogens with one attached hydrogen (secondary N) is 1. The van der Waals surface area contributed by atoms with Crippen molar-refractivity contribution in [3.63, 3.8) is 0 Å². The van der Waals surface area contributed by atoms with Gasteiger partial charge in [-0.15, -0.1) is 0 Å². The van der Waals surface area contributed by atoms with E-state index >= 15 is 0 Å². The molecule has 0 aromatic carbocycles. The number of aliphatic hydroxyl groups is 2. The summed E-state index contributed by atoms with van der Waals surface area (Å²) in [6, 6.07) is 0. The average Bonchev–Trinajstić information content (AvgIpc) is 2.53. The fourth-order valence-electron chi connectivity index (χ4n) is 2.06. The van der Waals surface area contributed by atoms with E-state index in [4.69, 9.17) is 5.11 Å². The summed E-state index contributed by atoms with van der Waals surface area (Å²) in [6.45, 7) is 3.52. The van der Waals surface area contributed by atoms with E-state index < -0.39 is 0 Å². The highest BCUT2D eigenvalue weighted by molar-refractivity contribution is 4.86. The molecule has 3 nitrogen and oxygen atoms in total. The van der Waals surface area contributed by atoms with Gasteiger partial charge in [-0.05, 0) is 19.8 Å². The highest BCUT2D eigenvalue weighted by Crippen LogP contribution is 2.36. The van der Waals surface area contributed by atoms with Gasteiger partial charge in [0.15, 0.2) is 0 Å². The van der Waals surface area contributed by atoms with E-state index in [-0.39, 0.29) is 18.1 Å². The Balaban J connectivity index is 2.23. The van der Waals surface area contributed by atoms with Gasteiger partial charge < -0.3 is 15.5 Å². The van der Waals surface area contributed by atoms with E-state index in [0.29, 0.717) is 6.54 Å². The fraction of sp³-hybridized carbons (Fsp3) is 1.00. The van der Waals surface area contributed by atoms with Gasteiger partial charge in [0, 0.05) is 25.1 Å². The first-order valence-corrected chi connectivity index (χ1v) is 5.18. The maximum Gasteiger partial charge on any atom is 0.0636 e. The van der Waals surface area contributed by atoms with Crippen LogP contribution in [0.15, 0.2) is 0 Å². The maximum absolute atomic E-state index is 9.28. The van der Waals surface area contributed by atoms with Crippen molar-refractivity contribution in [2.24, 2.45) is 5.41 Å². The molecule has 0 heterocycles. The summed E-state index contributed by atoms with van der Waals surface area (Å²) < 4.78 is 0. The summed E-state index contributed by atoms with van der Waals surface area (Å²) in [5.74, 6) is 0. The zero-order chi connectivity index (χ0) is 9.73. The van der Waals surface area contributed by atoms with Crippen LogP contribution in [0.25, 0.3) is 0 Å². The van der Waals surface area contributed by atoms with Crippen LogP contribution in [0.2, 0.25) is 0 Å². The SMILES string of the molecule is CC(O)CNCC1(CO)CCCC1. The van der Waals surface area contributed by atoms with Crippen molar-refractivity contribution < 1.29 is 10.2 Å². The highest BCUT2D eigenvalue weighted by Gasteiger charge is 2.32. The van der Waals surface area contributed by atoms with Gasteiger partial charge in [0.1, 0.15) is 0 Å². The number of hydrogen-bond donors (Lipinski definition) is 3. The van der Waals surface area contributed by atoms with Crippen LogP contribution < -0.4 is 5.32 Å². The Morgan fingerprint density at radius 2 is 2.00 bits per heavy atom.